The van der Waals surface area contributed by atoms with Crippen LogP contribution in [-0.4, -0.2) is 46.6 Å². The van der Waals surface area contributed by atoms with Gasteiger partial charge < -0.3 is 9.84 Å². The fourth-order valence-corrected chi connectivity index (χ4v) is 3.84. The molecule has 0 bridgehead atoms. The van der Waals surface area contributed by atoms with Crippen molar-refractivity contribution in [1.82, 2.24) is 9.88 Å². The maximum Gasteiger partial charge on any atom is 0.340 e. The topological polar surface area (TPSA) is 79.7 Å². The predicted octanol–water partition coefficient (Wildman–Crippen LogP) is 3.60. The Labute approximate surface area is 169 Å². The highest BCUT2D eigenvalue weighted by Crippen LogP contribution is 2.34. The van der Waals surface area contributed by atoms with E-state index in [4.69, 9.17) is 16.3 Å². The Morgan fingerprint density at radius 1 is 1.32 bits per heavy atom. The Balaban J connectivity index is 1.78. The van der Waals surface area contributed by atoms with Gasteiger partial charge in [-0.2, -0.15) is 0 Å². The van der Waals surface area contributed by atoms with E-state index in [1.807, 2.05) is 24.3 Å². The van der Waals surface area contributed by atoms with Crippen LogP contribution in [-0.2, 0) is 16.1 Å². The molecule has 1 aliphatic heterocycles. The van der Waals surface area contributed by atoms with Crippen LogP contribution in [0.2, 0.25) is 5.02 Å². The van der Waals surface area contributed by atoms with Crippen molar-refractivity contribution >= 4 is 23.5 Å². The second-order valence-corrected chi connectivity index (χ2v) is 7.32. The van der Waals surface area contributed by atoms with E-state index in [1.165, 1.54) is 6.20 Å². The number of rotatable bonds is 7. The quantitative estimate of drug-likeness (QED) is 0.713. The van der Waals surface area contributed by atoms with E-state index in [0.29, 0.717) is 11.6 Å². The van der Waals surface area contributed by atoms with Crippen LogP contribution in [0.3, 0.4) is 0 Å². The number of carbonyl (C=O) groups is 2. The first-order chi connectivity index (χ1) is 13.5. The minimum atomic E-state index is -0.970. The molecule has 0 aliphatic carbocycles. The molecule has 28 heavy (non-hydrogen) atoms. The lowest BCUT2D eigenvalue weighted by Gasteiger charge is -2.22. The number of aromatic nitrogens is 1. The predicted molar refractivity (Wildman–Crippen MR) is 105 cm³/mol. The summed E-state index contributed by atoms with van der Waals surface area (Å²) in [6, 6.07) is 10.9. The third-order valence-electron chi connectivity index (χ3n) is 4.99. The molecule has 0 amide bonds. The summed E-state index contributed by atoms with van der Waals surface area (Å²) in [6.45, 7) is 4.08. The second-order valence-electron chi connectivity index (χ2n) is 6.88. The molecule has 1 fully saturated rings. The molecule has 0 spiro atoms. The highest BCUT2D eigenvalue weighted by Gasteiger charge is 2.38. The molecule has 2 aromatic rings. The van der Waals surface area contributed by atoms with Crippen molar-refractivity contribution in [3.05, 3.63) is 64.4 Å². The zero-order chi connectivity index (χ0) is 20.1. The Morgan fingerprint density at radius 2 is 2.07 bits per heavy atom. The number of carbonyl (C=O) groups excluding carboxylic acids is 1. The van der Waals surface area contributed by atoms with Gasteiger partial charge in [-0.1, -0.05) is 23.7 Å². The van der Waals surface area contributed by atoms with E-state index >= 15 is 0 Å². The smallest absolute Gasteiger partial charge is 0.340 e. The molecule has 1 aliphatic rings. The number of ether oxygens (including phenoxy) is 1. The van der Waals surface area contributed by atoms with Gasteiger partial charge in [-0.05, 0) is 55.6 Å². The van der Waals surface area contributed by atoms with Crippen LogP contribution in [0.5, 0.6) is 0 Å². The third kappa shape index (κ3) is 4.69. The number of carboxylic acids is 1. The Kier molecular flexibility index (Phi) is 6.65. The average molecular weight is 403 g/mol. The molecule has 1 saturated heterocycles. The molecule has 1 aromatic carbocycles. The van der Waals surface area contributed by atoms with Gasteiger partial charge in [0.15, 0.2) is 0 Å². The highest BCUT2D eigenvalue weighted by atomic mass is 35.5. The van der Waals surface area contributed by atoms with Crippen LogP contribution in [0.15, 0.2) is 42.6 Å². The Bertz CT molecular complexity index is 841. The van der Waals surface area contributed by atoms with Gasteiger partial charge in [-0.15, -0.1) is 0 Å². The molecule has 2 unspecified atom stereocenters. The molecule has 1 aromatic heterocycles. The van der Waals surface area contributed by atoms with Gasteiger partial charge in [0.1, 0.15) is 5.92 Å². The Hall–Kier alpha value is -2.44. The number of hydrogen-bond acceptors (Lipinski definition) is 5. The van der Waals surface area contributed by atoms with Gasteiger partial charge in [0.05, 0.1) is 17.9 Å². The maximum atomic E-state index is 12.3. The summed E-state index contributed by atoms with van der Waals surface area (Å²) in [4.78, 5) is 30.8. The lowest BCUT2D eigenvalue weighted by molar-refractivity contribution is -0.140. The monoisotopic (exact) mass is 402 g/mol. The van der Waals surface area contributed by atoms with E-state index in [9.17, 15) is 14.7 Å². The maximum absolute atomic E-state index is 12.3. The van der Waals surface area contributed by atoms with E-state index in [-0.39, 0.29) is 23.8 Å². The molecule has 6 nitrogen and oxygen atoms in total. The summed E-state index contributed by atoms with van der Waals surface area (Å²) < 4.78 is 5.08. The first kappa shape index (κ1) is 20.3. The number of nitrogens with zero attached hydrogens (tertiary/aromatic N) is 2. The van der Waals surface area contributed by atoms with Gasteiger partial charge in [-0.25, -0.2) is 4.79 Å². The molecular weight excluding hydrogens is 380 g/mol. The van der Waals surface area contributed by atoms with Crippen molar-refractivity contribution in [2.75, 3.05) is 19.7 Å². The van der Waals surface area contributed by atoms with E-state index in [2.05, 4.69) is 9.88 Å². The van der Waals surface area contributed by atoms with Crippen LogP contribution >= 0.6 is 11.6 Å². The zero-order valence-corrected chi connectivity index (χ0v) is 16.4. The summed E-state index contributed by atoms with van der Waals surface area (Å²) in [5.41, 5.74) is 1.64. The van der Waals surface area contributed by atoms with Gasteiger partial charge in [0.25, 0.3) is 0 Å². The molecule has 3 rings (SSSR count). The van der Waals surface area contributed by atoms with Crippen molar-refractivity contribution in [1.29, 1.82) is 0 Å². The standard InChI is InChI=1S/C21H23ClN2O4/c1-2-28-21(27)17-4-3-10-23-19(17)18(20(25)26)15-9-11-24(13-15)12-14-5-7-16(22)8-6-14/h3-8,10,15,18H,2,9,11-13H2,1H3,(H,25,26). The molecule has 1 N–H and O–H groups in total. The summed E-state index contributed by atoms with van der Waals surface area (Å²) in [5.74, 6) is -2.49. The number of aliphatic carboxylic acids is 1. The molecular formula is C21H23ClN2O4. The number of esters is 1. The van der Waals surface area contributed by atoms with Crippen molar-refractivity contribution in [2.45, 2.75) is 25.8 Å². The second kappa shape index (κ2) is 9.17. The van der Waals surface area contributed by atoms with Crippen molar-refractivity contribution < 1.29 is 19.4 Å². The number of benzene rings is 1. The van der Waals surface area contributed by atoms with Crippen LogP contribution < -0.4 is 0 Å². The number of pyridine rings is 1. The third-order valence-corrected chi connectivity index (χ3v) is 5.25. The summed E-state index contributed by atoms with van der Waals surface area (Å²) in [5, 5.41) is 10.6. The van der Waals surface area contributed by atoms with E-state index < -0.39 is 17.9 Å². The van der Waals surface area contributed by atoms with Crippen LogP contribution in [0.4, 0.5) is 0 Å². The highest BCUT2D eigenvalue weighted by molar-refractivity contribution is 6.30. The lowest BCUT2D eigenvalue weighted by atomic mass is 9.86. The fraction of sp³-hybridized carbons (Fsp3) is 0.381. The zero-order valence-electron chi connectivity index (χ0n) is 15.7. The molecule has 2 heterocycles. The number of hydrogen-bond donors (Lipinski definition) is 1. The van der Waals surface area contributed by atoms with E-state index in [1.54, 1.807) is 19.1 Å². The van der Waals surface area contributed by atoms with Crippen molar-refractivity contribution in [3.63, 3.8) is 0 Å². The normalized spacial score (nSPS) is 18.0. The first-order valence-electron chi connectivity index (χ1n) is 9.31. The summed E-state index contributed by atoms with van der Waals surface area (Å²) in [6.07, 6.45) is 2.25. The Morgan fingerprint density at radius 3 is 2.75 bits per heavy atom. The van der Waals surface area contributed by atoms with Crippen LogP contribution in [0, 0.1) is 5.92 Å². The largest absolute Gasteiger partial charge is 0.481 e. The average Bonchev–Trinajstić information content (AvgIpc) is 3.12. The van der Waals surface area contributed by atoms with E-state index in [0.717, 1.165) is 25.1 Å². The van der Waals surface area contributed by atoms with Crippen LogP contribution in [0.25, 0.3) is 0 Å². The number of halogens is 1. The first-order valence-corrected chi connectivity index (χ1v) is 9.69. The van der Waals surface area contributed by atoms with Gasteiger partial charge in [-0.3, -0.25) is 14.7 Å². The van der Waals surface area contributed by atoms with Gasteiger partial charge in [0.2, 0.25) is 0 Å². The number of likely N-dealkylation sites (tertiary alicyclic amines) is 1. The fourth-order valence-electron chi connectivity index (χ4n) is 3.71. The molecule has 148 valence electrons. The van der Waals surface area contributed by atoms with Crippen molar-refractivity contribution in [2.24, 2.45) is 5.92 Å². The molecule has 0 saturated carbocycles. The molecule has 0 radical (unpaired) electrons. The minimum absolute atomic E-state index is 0.132. The van der Waals surface area contributed by atoms with Gasteiger partial charge in [0, 0.05) is 24.3 Å². The lowest BCUT2D eigenvalue weighted by Crippen LogP contribution is -2.28. The summed E-state index contributed by atoms with van der Waals surface area (Å²) >= 11 is 5.93. The van der Waals surface area contributed by atoms with Gasteiger partial charge >= 0.3 is 11.9 Å². The molecule has 2 atom stereocenters. The SMILES string of the molecule is CCOC(=O)c1cccnc1C(C(=O)O)C1CCN(Cc2ccc(Cl)cc2)C1. The minimum Gasteiger partial charge on any atom is -0.481 e. The van der Waals surface area contributed by atoms with Crippen molar-refractivity contribution in [3.8, 4) is 0 Å². The number of carboxylic acid groups (broad SMARTS) is 1. The van der Waals surface area contributed by atoms with Crippen LogP contribution in [0.1, 0.15) is 40.9 Å². The summed E-state index contributed by atoms with van der Waals surface area (Å²) in [7, 11) is 0. The molecule has 7 heteroatoms.